The highest BCUT2D eigenvalue weighted by molar-refractivity contribution is 6.33. The van der Waals surface area contributed by atoms with Crippen molar-refractivity contribution in [1.29, 1.82) is 0 Å². The molecule has 0 bridgehead atoms. The lowest BCUT2D eigenvalue weighted by atomic mass is 10.1. The highest BCUT2D eigenvalue weighted by Gasteiger charge is 2.13. The van der Waals surface area contributed by atoms with Crippen LogP contribution in [0.1, 0.15) is 10.4 Å². The first-order chi connectivity index (χ1) is 8.99. The van der Waals surface area contributed by atoms with Crippen molar-refractivity contribution in [1.82, 2.24) is 0 Å². The van der Waals surface area contributed by atoms with E-state index in [0.29, 0.717) is 5.69 Å². The Bertz CT molecular complexity index is 626. The summed E-state index contributed by atoms with van der Waals surface area (Å²) in [7, 11) is 0. The van der Waals surface area contributed by atoms with Crippen LogP contribution in [-0.4, -0.2) is 11.1 Å². The van der Waals surface area contributed by atoms with Crippen molar-refractivity contribution in [3.05, 3.63) is 52.8 Å². The van der Waals surface area contributed by atoms with E-state index in [0.717, 1.165) is 0 Å². The molecule has 0 saturated carbocycles. The average molecular weight is 281 g/mol. The smallest absolute Gasteiger partial charge is 0.337 e. The Balaban J connectivity index is 2.47. The molecular formula is C13H10ClFN2O2. The fourth-order valence-corrected chi connectivity index (χ4v) is 1.81. The van der Waals surface area contributed by atoms with Crippen LogP contribution in [0, 0.1) is 5.82 Å². The molecule has 0 amide bonds. The van der Waals surface area contributed by atoms with Crippen molar-refractivity contribution < 1.29 is 14.3 Å². The second-order valence-corrected chi connectivity index (χ2v) is 4.24. The molecule has 4 nitrogen and oxygen atoms in total. The number of carboxylic acids is 1. The number of nitrogen functional groups attached to an aromatic ring is 1. The maximum Gasteiger partial charge on any atom is 0.337 e. The van der Waals surface area contributed by atoms with Gasteiger partial charge in [-0.25, -0.2) is 9.18 Å². The normalized spacial score (nSPS) is 10.2. The van der Waals surface area contributed by atoms with Crippen LogP contribution < -0.4 is 11.1 Å². The molecule has 0 heterocycles. The first kappa shape index (κ1) is 13.2. The van der Waals surface area contributed by atoms with E-state index in [2.05, 4.69) is 5.32 Å². The van der Waals surface area contributed by atoms with Crippen LogP contribution in [0.2, 0.25) is 5.02 Å². The van der Waals surface area contributed by atoms with Gasteiger partial charge in [-0.2, -0.15) is 0 Å². The molecule has 0 aromatic heterocycles. The molecule has 2 rings (SSSR count). The zero-order chi connectivity index (χ0) is 14.0. The first-order valence-corrected chi connectivity index (χ1v) is 5.70. The van der Waals surface area contributed by atoms with E-state index in [1.165, 1.54) is 36.4 Å². The second-order valence-electron chi connectivity index (χ2n) is 3.83. The lowest BCUT2D eigenvalue weighted by Crippen LogP contribution is -2.05. The lowest BCUT2D eigenvalue weighted by molar-refractivity contribution is 0.0698. The molecule has 0 unspecified atom stereocenters. The number of carboxylic acid groups (broad SMARTS) is 1. The first-order valence-electron chi connectivity index (χ1n) is 5.33. The Hall–Kier alpha value is -2.27. The molecule has 2 aromatic carbocycles. The summed E-state index contributed by atoms with van der Waals surface area (Å²) in [5.41, 5.74) is 6.02. The quantitative estimate of drug-likeness (QED) is 0.752. The third kappa shape index (κ3) is 2.77. The molecule has 19 heavy (non-hydrogen) atoms. The maximum absolute atomic E-state index is 13.6. The molecule has 4 N–H and O–H groups in total. The van der Waals surface area contributed by atoms with Crippen molar-refractivity contribution in [3.63, 3.8) is 0 Å². The van der Waals surface area contributed by atoms with E-state index in [1.807, 2.05) is 0 Å². The van der Waals surface area contributed by atoms with E-state index >= 15 is 0 Å². The number of aromatic carboxylic acids is 1. The summed E-state index contributed by atoms with van der Waals surface area (Å²) in [5, 5.41) is 11.9. The molecular weight excluding hydrogens is 271 g/mol. The maximum atomic E-state index is 13.6. The Morgan fingerprint density at radius 2 is 2.05 bits per heavy atom. The molecule has 0 fully saturated rings. The van der Waals surface area contributed by atoms with Gasteiger partial charge in [-0.15, -0.1) is 0 Å². The highest BCUT2D eigenvalue weighted by Crippen LogP contribution is 2.30. The number of halogens is 2. The predicted octanol–water partition coefficient (Wildman–Crippen LogP) is 3.50. The molecule has 0 aliphatic heterocycles. The number of carbonyl (C=O) groups is 1. The summed E-state index contributed by atoms with van der Waals surface area (Å²) in [5.74, 6) is -1.73. The fourth-order valence-electron chi connectivity index (χ4n) is 1.60. The molecule has 98 valence electrons. The largest absolute Gasteiger partial charge is 0.478 e. The number of hydrogen-bond donors (Lipinski definition) is 3. The number of hydrogen-bond acceptors (Lipinski definition) is 3. The highest BCUT2D eigenvalue weighted by atomic mass is 35.5. The van der Waals surface area contributed by atoms with Crippen LogP contribution in [-0.2, 0) is 0 Å². The zero-order valence-corrected chi connectivity index (χ0v) is 10.4. The van der Waals surface area contributed by atoms with Gasteiger partial charge in [-0.05, 0) is 30.3 Å². The van der Waals surface area contributed by atoms with Crippen LogP contribution in [0.3, 0.4) is 0 Å². The SMILES string of the molecule is Nc1ccc(Nc2c(F)cccc2Cl)c(C(=O)O)c1. The molecule has 0 spiro atoms. The number of nitrogens with one attached hydrogen (secondary N) is 1. The second kappa shape index (κ2) is 5.16. The summed E-state index contributed by atoms with van der Waals surface area (Å²) >= 11 is 5.87. The van der Waals surface area contributed by atoms with Crippen LogP contribution >= 0.6 is 11.6 Å². The number of rotatable bonds is 3. The molecule has 0 atom stereocenters. The Kier molecular flexibility index (Phi) is 3.57. The Morgan fingerprint density at radius 1 is 1.32 bits per heavy atom. The minimum absolute atomic E-state index is 0.0245. The number of anilines is 3. The van der Waals surface area contributed by atoms with E-state index < -0.39 is 11.8 Å². The van der Waals surface area contributed by atoms with Crippen molar-refractivity contribution in [2.75, 3.05) is 11.1 Å². The molecule has 2 aromatic rings. The molecule has 0 aliphatic carbocycles. The number of nitrogens with two attached hydrogens (primary N) is 1. The van der Waals surface area contributed by atoms with Crippen molar-refractivity contribution in [3.8, 4) is 0 Å². The van der Waals surface area contributed by atoms with Gasteiger partial charge in [0.2, 0.25) is 0 Å². The molecule has 0 saturated heterocycles. The van der Waals surface area contributed by atoms with Gasteiger partial charge in [-0.1, -0.05) is 17.7 Å². The summed E-state index contributed by atoms with van der Waals surface area (Å²) in [6.07, 6.45) is 0. The summed E-state index contributed by atoms with van der Waals surface area (Å²) in [6, 6.07) is 8.46. The van der Waals surface area contributed by atoms with Gasteiger partial charge in [0.15, 0.2) is 0 Å². The predicted molar refractivity (Wildman–Crippen MR) is 72.5 cm³/mol. The summed E-state index contributed by atoms with van der Waals surface area (Å²) in [4.78, 5) is 11.1. The van der Waals surface area contributed by atoms with Crippen LogP contribution in [0.5, 0.6) is 0 Å². The number of benzene rings is 2. The monoisotopic (exact) mass is 280 g/mol. The van der Waals surface area contributed by atoms with Crippen LogP contribution in [0.25, 0.3) is 0 Å². The van der Waals surface area contributed by atoms with E-state index in [9.17, 15) is 9.18 Å². The van der Waals surface area contributed by atoms with Gasteiger partial charge < -0.3 is 16.2 Å². The Labute approximate surface area is 113 Å². The van der Waals surface area contributed by atoms with Crippen LogP contribution in [0.4, 0.5) is 21.5 Å². The summed E-state index contributed by atoms with van der Waals surface area (Å²) < 4.78 is 13.6. The Morgan fingerprint density at radius 3 is 2.68 bits per heavy atom. The topological polar surface area (TPSA) is 75.3 Å². The van der Waals surface area contributed by atoms with Crippen molar-refractivity contribution in [2.24, 2.45) is 0 Å². The minimum atomic E-state index is -1.16. The third-order valence-corrected chi connectivity index (χ3v) is 2.81. The molecule has 0 radical (unpaired) electrons. The van der Waals surface area contributed by atoms with E-state index in [4.69, 9.17) is 22.4 Å². The third-order valence-electron chi connectivity index (χ3n) is 2.50. The van der Waals surface area contributed by atoms with Crippen molar-refractivity contribution in [2.45, 2.75) is 0 Å². The minimum Gasteiger partial charge on any atom is -0.478 e. The van der Waals surface area contributed by atoms with Gasteiger partial charge in [0.1, 0.15) is 5.82 Å². The van der Waals surface area contributed by atoms with Gasteiger partial charge in [-0.3, -0.25) is 0 Å². The van der Waals surface area contributed by atoms with Gasteiger partial charge >= 0.3 is 5.97 Å². The average Bonchev–Trinajstić information content (AvgIpc) is 2.35. The van der Waals surface area contributed by atoms with Crippen LogP contribution in [0.15, 0.2) is 36.4 Å². The van der Waals surface area contributed by atoms with E-state index in [-0.39, 0.29) is 22.0 Å². The summed E-state index contributed by atoms with van der Waals surface area (Å²) in [6.45, 7) is 0. The van der Waals surface area contributed by atoms with E-state index in [1.54, 1.807) is 0 Å². The van der Waals surface area contributed by atoms with Crippen molar-refractivity contribution >= 4 is 34.6 Å². The van der Waals surface area contributed by atoms with Gasteiger partial charge in [0.25, 0.3) is 0 Å². The lowest BCUT2D eigenvalue weighted by Gasteiger charge is -2.12. The van der Waals surface area contributed by atoms with Gasteiger partial charge in [0.05, 0.1) is 22.0 Å². The fraction of sp³-hybridized carbons (Fsp3) is 0. The van der Waals surface area contributed by atoms with Gasteiger partial charge in [0, 0.05) is 5.69 Å². The number of para-hydroxylation sites is 1. The standard InChI is InChI=1S/C13H10ClFN2O2/c14-9-2-1-3-10(15)12(9)17-11-5-4-7(16)6-8(11)13(18)19/h1-6,17H,16H2,(H,18,19). The zero-order valence-electron chi connectivity index (χ0n) is 9.65. The molecule has 0 aliphatic rings. The molecule has 6 heteroatoms.